The van der Waals surface area contributed by atoms with Crippen LogP contribution < -0.4 is 10.6 Å². The van der Waals surface area contributed by atoms with Crippen LogP contribution in [0.15, 0.2) is 4.99 Å². The van der Waals surface area contributed by atoms with Crippen molar-refractivity contribution < 1.29 is 9.47 Å². The van der Waals surface area contributed by atoms with Gasteiger partial charge in [0.15, 0.2) is 5.96 Å². The largest absolute Gasteiger partial charge is 0.379 e. The van der Waals surface area contributed by atoms with Gasteiger partial charge in [0.25, 0.3) is 0 Å². The molecule has 148 valence electrons. The first-order chi connectivity index (χ1) is 12.6. The Kier molecular flexibility index (Phi) is 8.91. The molecule has 2 rings (SSSR count). The smallest absolute Gasteiger partial charge is 0.191 e. The third kappa shape index (κ3) is 6.61. The van der Waals surface area contributed by atoms with E-state index in [1.54, 1.807) is 0 Å². The number of aryl methyl sites for hydroxylation is 2. The molecule has 1 aliphatic rings. The molecule has 1 aromatic rings. The summed E-state index contributed by atoms with van der Waals surface area (Å²) in [4.78, 5) is 4.63. The average molecular weight is 366 g/mol. The van der Waals surface area contributed by atoms with E-state index in [0.29, 0.717) is 12.7 Å². The highest BCUT2D eigenvalue weighted by Crippen LogP contribution is 2.12. The van der Waals surface area contributed by atoms with Crippen LogP contribution in [0.1, 0.15) is 43.1 Å². The molecular formula is C19H35N5O2. The Hall–Kier alpha value is -1.60. The lowest BCUT2D eigenvalue weighted by Gasteiger charge is -2.12. The van der Waals surface area contributed by atoms with E-state index in [0.717, 1.165) is 70.2 Å². The number of hydrogen-bond donors (Lipinski definition) is 2. The summed E-state index contributed by atoms with van der Waals surface area (Å²) >= 11 is 0. The molecule has 2 heterocycles. The van der Waals surface area contributed by atoms with Crippen LogP contribution in [0, 0.1) is 13.8 Å². The zero-order valence-corrected chi connectivity index (χ0v) is 16.8. The molecule has 26 heavy (non-hydrogen) atoms. The fourth-order valence-corrected chi connectivity index (χ4v) is 3.17. The van der Waals surface area contributed by atoms with Gasteiger partial charge in [-0.3, -0.25) is 9.67 Å². The van der Waals surface area contributed by atoms with Crippen LogP contribution in [-0.2, 0) is 22.9 Å². The highest BCUT2D eigenvalue weighted by molar-refractivity contribution is 5.79. The molecule has 1 unspecified atom stereocenters. The molecule has 1 aromatic heterocycles. The minimum atomic E-state index is 0.303. The zero-order chi connectivity index (χ0) is 18.8. The van der Waals surface area contributed by atoms with E-state index in [1.807, 2.05) is 11.7 Å². The van der Waals surface area contributed by atoms with E-state index in [9.17, 15) is 0 Å². The van der Waals surface area contributed by atoms with E-state index in [4.69, 9.17) is 9.47 Å². The van der Waals surface area contributed by atoms with Crippen LogP contribution in [0.4, 0.5) is 0 Å². The summed E-state index contributed by atoms with van der Waals surface area (Å²) in [5.74, 6) is 0.867. The van der Waals surface area contributed by atoms with Gasteiger partial charge in [-0.2, -0.15) is 5.10 Å². The van der Waals surface area contributed by atoms with Crippen LogP contribution in [-0.4, -0.2) is 61.3 Å². The Morgan fingerprint density at radius 1 is 1.38 bits per heavy atom. The topological polar surface area (TPSA) is 72.7 Å². The first-order valence-electron chi connectivity index (χ1n) is 9.82. The van der Waals surface area contributed by atoms with Crippen LogP contribution >= 0.6 is 0 Å². The van der Waals surface area contributed by atoms with Gasteiger partial charge < -0.3 is 20.1 Å². The third-order valence-corrected chi connectivity index (χ3v) is 4.71. The fraction of sp³-hybridized carbons (Fsp3) is 0.789. The lowest BCUT2D eigenvalue weighted by molar-refractivity contribution is 0.0171. The molecule has 0 aliphatic carbocycles. The monoisotopic (exact) mass is 365 g/mol. The lowest BCUT2D eigenvalue weighted by atomic mass is 10.1. The summed E-state index contributed by atoms with van der Waals surface area (Å²) in [6.45, 7) is 11.0. The maximum absolute atomic E-state index is 5.68. The Balaban J connectivity index is 1.65. The predicted octanol–water partition coefficient (Wildman–Crippen LogP) is 1.72. The van der Waals surface area contributed by atoms with Crippen molar-refractivity contribution in [3.8, 4) is 0 Å². The van der Waals surface area contributed by atoms with Crippen molar-refractivity contribution in [2.75, 3.05) is 39.5 Å². The van der Waals surface area contributed by atoms with Crippen LogP contribution in [0.5, 0.6) is 0 Å². The minimum Gasteiger partial charge on any atom is -0.379 e. The van der Waals surface area contributed by atoms with Crippen LogP contribution in [0.2, 0.25) is 0 Å². The van der Waals surface area contributed by atoms with Crippen molar-refractivity contribution >= 4 is 5.96 Å². The van der Waals surface area contributed by atoms with E-state index in [1.165, 1.54) is 11.3 Å². The molecular weight excluding hydrogens is 330 g/mol. The number of rotatable bonds is 10. The fourth-order valence-electron chi connectivity index (χ4n) is 3.17. The van der Waals surface area contributed by atoms with Crippen molar-refractivity contribution in [3.05, 3.63) is 17.0 Å². The number of ether oxygens (including phenoxy) is 2. The summed E-state index contributed by atoms with van der Waals surface area (Å²) in [7, 11) is 1.99. The SMILES string of the molecule is CCNC(=NCCCOCC1CCCO1)NCCc1c(C)nn(C)c1C. The van der Waals surface area contributed by atoms with Crippen molar-refractivity contribution in [3.63, 3.8) is 0 Å². The molecule has 1 fully saturated rings. The maximum atomic E-state index is 5.68. The average Bonchev–Trinajstić information content (AvgIpc) is 3.21. The first-order valence-corrected chi connectivity index (χ1v) is 9.82. The van der Waals surface area contributed by atoms with Gasteiger partial charge in [0.1, 0.15) is 0 Å². The van der Waals surface area contributed by atoms with E-state index < -0.39 is 0 Å². The summed E-state index contributed by atoms with van der Waals surface area (Å²) in [5, 5.41) is 11.2. The molecule has 7 heteroatoms. The van der Waals surface area contributed by atoms with Crippen molar-refractivity contribution in [2.45, 2.75) is 52.6 Å². The van der Waals surface area contributed by atoms with Gasteiger partial charge in [-0.05, 0) is 52.0 Å². The van der Waals surface area contributed by atoms with Gasteiger partial charge in [0.05, 0.1) is 18.4 Å². The molecule has 0 spiro atoms. The van der Waals surface area contributed by atoms with E-state index in [-0.39, 0.29) is 0 Å². The summed E-state index contributed by atoms with van der Waals surface area (Å²) in [5.41, 5.74) is 3.66. The minimum absolute atomic E-state index is 0.303. The first kappa shape index (κ1) is 20.7. The second kappa shape index (κ2) is 11.2. The van der Waals surface area contributed by atoms with Gasteiger partial charge in [0.2, 0.25) is 0 Å². The maximum Gasteiger partial charge on any atom is 0.191 e. The highest BCUT2D eigenvalue weighted by atomic mass is 16.5. The number of aromatic nitrogens is 2. The van der Waals surface area contributed by atoms with Crippen LogP contribution in [0.3, 0.4) is 0 Å². The molecule has 0 saturated carbocycles. The third-order valence-electron chi connectivity index (χ3n) is 4.71. The second-order valence-electron chi connectivity index (χ2n) is 6.77. The molecule has 0 radical (unpaired) electrons. The normalized spacial score (nSPS) is 17.7. The van der Waals surface area contributed by atoms with Gasteiger partial charge in [-0.1, -0.05) is 0 Å². The van der Waals surface area contributed by atoms with Gasteiger partial charge in [0, 0.05) is 45.6 Å². The number of nitrogens with zero attached hydrogens (tertiary/aromatic N) is 3. The van der Waals surface area contributed by atoms with Crippen molar-refractivity contribution in [1.29, 1.82) is 0 Å². The number of nitrogens with one attached hydrogen (secondary N) is 2. The quantitative estimate of drug-likeness (QED) is 0.375. The Morgan fingerprint density at radius 3 is 2.88 bits per heavy atom. The number of hydrogen-bond acceptors (Lipinski definition) is 4. The van der Waals surface area contributed by atoms with Gasteiger partial charge >= 0.3 is 0 Å². The molecule has 0 aromatic carbocycles. The summed E-state index contributed by atoms with van der Waals surface area (Å²) in [6, 6.07) is 0. The predicted molar refractivity (Wildman–Crippen MR) is 105 cm³/mol. The van der Waals surface area contributed by atoms with Crippen LogP contribution in [0.25, 0.3) is 0 Å². The second-order valence-corrected chi connectivity index (χ2v) is 6.77. The Morgan fingerprint density at radius 2 is 2.23 bits per heavy atom. The summed E-state index contributed by atoms with van der Waals surface area (Å²) in [6.07, 6.45) is 4.46. The molecule has 1 saturated heterocycles. The molecule has 2 N–H and O–H groups in total. The van der Waals surface area contributed by atoms with Crippen molar-refractivity contribution in [2.24, 2.45) is 12.0 Å². The van der Waals surface area contributed by atoms with E-state index in [2.05, 4.69) is 41.5 Å². The zero-order valence-electron chi connectivity index (χ0n) is 16.8. The number of aliphatic imine (C=N–C) groups is 1. The Bertz CT molecular complexity index is 565. The Labute approximate surface area is 157 Å². The highest BCUT2D eigenvalue weighted by Gasteiger charge is 2.14. The molecule has 1 aliphatic heterocycles. The summed E-state index contributed by atoms with van der Waals surface area (Å²) < 4.78 is 13.2. The van der Waals surface area contributed by atoms with E-state index >= 15 is 0 Å². The number of guanidine groups is 1. The lowest BCUT2D eigenvalue weighted by Crippen LogP contribution is -2.38. The van der Waals surface area contributed by atoms with Crippen molar-refractivity contribution in [1.82, 2.24) is 20.4 Å². The molecule has 7 nitrogen and oxygen atoms in total. The van der Waals surface area contributed by atoms with Gasteiger partial charge in [-0.15, -0.1) is 0 Å². The van der Waals surface area contributed by atoms with Gasteiger partial charge in [-0.25, -0.2) is 0 Å². The molecule has 0 amide bonds. The molecule has 0 bridgehead atoms. The molecule has 1 atom stereocenters. The standard InChI is InChI=1S/C19H35N5O2/c1-5-20-19(21-10-7-12-25-14-17-8-6-13-26-17)22-11-9-18-15(2)23-24(4)16(18)3/h17H,5-14H2,1-4H3,(H2,20,21,22).